The number of hydrogen-bond acceptors (Lipinski definition) is 36. The van der Waals surface area contributed by atoms with Gasteiger partial charge in [0.1, 0.15) is 63.1 Å². The molecule has 4 heterocycles. The first kappa shape index (κ1) is 73.5. The Morgan fingerprint density at radius 1 is 0.239 bits per heavy atom. The van der Waals surface area contributed by atoms with Crippen LogP contribution in [0, 0.1) is 0 Å². The van der Waals surface area contributed by atoms with E-state index >= 15 is 0 Å². The Labute approximate surface area is 510 Å². The van der Waals surface area contributed by atoms with Gasteiger partial charge >= 0.3 is 83.6 Å². The van der Waals surface area contributed by atoms with Crippen molar-refractivity contribution in [1.29, 1.82) is 0 Å². The van der Waals surface area contributed by atoms with E-state index in [0.717, 1.165) is 96.9 Å². The van der Waals surface area contributed by atoms with Crippen LogP contribution in [0.1, 0.15) is 96.9 Å². The lowest BCUT2D eigenvalue weighted by atomic mass is 9.96. The molecule has 88 heavy (non-hydrogen) atoms. The molecular formula is C52H70O34S2. The second kappa shape index (κ2) is 34.1. The van der Waals surface area contributed by atoms with E-state index in [1.54, 1.807) is 0 Å². The monoisotopic (exact) mass is 1300 g/mol. The Kier molecular flexibility index (Phi) is 28.5. The van der Waals surface area contributed by atoms with E-state index in [4.69, 9.17) is 94.7 Å². The molecule has 0 aromatic carbocycles. The lowest BCUT2D eigenvalue weighted by Gasteiger charge is -2.49. The zero-order valence-electron chi connectivity index (χ0n) is 50.1. The topological polar surface area (TPSA) is 424 Å². The molecule has 4 aliphatic heterocycles. The zero-order chi connectivity index (χ0) is 66.0. The summed E-state index contributed by atoms with van der Waals surface area (Å²) in [5, 5.41) is 0. The fraction of sp³-hybridized carbons (Fsp3) is 0.731. The number of hydrogen-bond donors (Lipinski definition) is 0. The number of esters is 14. The molecule has 4 aliphatic rings. The highest BCUT2D eigenvalue weighted by molar-refractivity contribution is 8.77. The highest BCUT2D eigenvalue weighted by Gasteiger charge is 2.61. The lowest BCUT2D eigenvalue weighted by Crippen LogP contribution is -2.67. The number of carbonyl (C=O) groups excluding carboxylic acids is 14. The van der Waals surface area contributed by atoms with E-state index in [0.29, 0.717) is 21.6 Å². The van der Waals surface area contributed by atoms with Crippen LogP contribution in [0.2, 0.25) is 0 Å². The maximum atomic E-state index is 13.2. The Bertz CT molecular complexity index is 2390. The third-order valence-corrected chi connectivity index (χ3v) is 14.7. The molecule has 0 unspecified atom stereocenters. The maximum absolute atomic E-state index is 13.2. The highest BCUT2D eigenvalue weighted by Crippen LogP contribution is 2.47. The third kappa shape index (κ3) is 22.6. The summed E-state index contributed by atoms with van der Waals surface area (Å²) >= 11 is 0. The minimum absolute atomic E-state index is 0.600. The summed E-state index contributed by atoms with van der Waals surface area (Å²) in [6.45, 7) is 10.7. The molecule has 0 N–H and O–H groups in total. The van der Waals surface area contributed by atoms with Crippen LogP contribution >= 0.6 is 21.6 Å². The van der Waals surface area contributed by atoms with Crippen molar-refractivity contribution in [3.05, 3.63) is 0 Å². The average Bonchev–Trinajstić information content (AvgIpc) is 0.937. The van der Waals surface area contributed by atoms with Crippen molar-refractivity contribution >= 4 is 105 Å². The lowest BCUT2D eigenvalue weighted by molar-refractivity contribution is -0.341. The summed E-state index contributed by atoms with van der Waals surface area (Å²) < 4.78 is 115. The minimum Gasteiger partial charge on any atom is -0.463 e. The molecule has 20 atom stereocenters. The minimum atomic E-state index is -2.02. The van der Waals surface area contributed by atoms with Crippen LogP contribution in [0.4, 0.5) is 0 Å². The number of rotatable bonds is 25. The molecule has 0 aromatic heterocycles. The van der Waals surface area contributed by atoms with Crippen LogP contribution in [0.3, 0.4) is 0 Å². The van der Waals surface area contributed by atoms with Gasteiger partial charge in [-0.25, -0.2) is 0 Å². The molecule has 0 spiro atoms. The largest absolute Gasteiger partial charge is 0.463 e. The van der Waals surface area contributed by atoms with Gasteiger partial charge in [-0.1, -0.05) is 21.6 Å². The molecule has 0 aromatic rings. The van der Waals surface area contributed by atoms with Crippen molar-refractivity contribution in [1.82, 2.24) is 0 Å². The highest BCUT2D eigenvalue weighted by atomic mass is 33.1. The van der Waals surface area contributed by atoms with E-state index < -0.39 is 231 Å². The van der Waals surface area contributed by atoms with Gasteiger partial charge in [0.05, 0.1) is 0 Å². The summed E-state index contributed by atoms with van der Waals surface area (Å²) in [4.78, 5) is 178. The van der Waals surface area contributed by atoms with Gasteiger partial charge in [0, 0.05) is 96.9 Å². The van der Waals surface area contributed by atoms with E-state index in [9.17, 15) is 67.1 Å². The molecular weight excluding hydrogens is 1230 g/mol. The fourth-order valence-corrected chi connectivity index (χ4v) is 12.0. The second-order valence-electron chi connectivity index (χ2n) is 19.5. The standard InChI is InChI=1S/C52H70O34S2/c1-19(53)67-15-33-37(71-23(5)57)41(73-25(7)59)45(77-29(11)63)49(81-33)85-39-35(17-69-21(3)55)83-51(47(79-31(13)65)43(39)75-27(9)61)87-88-52-48(80-32(14)66)44(76-28(10)62)40(36(84-52)18-70-22(4)56)86-50-46(78-30(12)64)42(74-26(8)60)38(72-24(6)58)34(82-50)16-68-20(2)54/h33-52H,15-18H2,1-14H3/t33-,34-,35-,36-,37+,38+,39-,40-,41+,42+,43+,44+,45-,46-,47-,48-,49+,50+,51+,52+/m1/s1. The second-order valence-corrected chi connectivity index (χ2v) is 22.0. The van der Waals surface area contributed by atoms with E-state index in [1.165, 1.54) is 0 Å². The quantitative estimate of drug-likeness (QED) is 0.0638. The van der Waals surface area contributed by atoms with Crippen LogP contribution in [0.15, 0.2) is 0 Å². The fourth-order valence-electron chi connectivity index (χ4n) is 9.21. The van der Waals surface area contributed by atoms with Gasteiger partial charge in [-0.15, -0.1) is 0 Å². The summed E-state index contributed by atoms with van der Waals surface area (Å²) in [5.41, 5.74) is -3.30. The molecule has 4 saturated heterocycles. The van der Waals surface area contributed by atoms with Crippen molar-refractivity contribution in [3.63, 3.8) is 0 Å². The van der Waals surface area contributed by atoms with E-state index in [2.05, 4.69) is 0 Å². The van der Waals surface area contributed by atoms with Crippen molar-refractivity contribution < 1.29 is 162 Å². The SMILES string of the molecule is CC(=O)OC[C@H]1O[C@@H](O[C@H]2[C@H](OC(C)=O)[C@@H](OC(C)=O)[C@H](SS[C@@H]3O[C@H](COC(C)=O)[C@@H](O[C@@H]4O[C@H](COC(C)=O)[C@H](OC(C)=O)[C@H](OC(C)=O)[C@H]4OC(C)=O)[C@H](OC(C)=O)[C@H]3OC(C)=O)O[C@@H]2COC(C)=O)[C@H](OC(C)=O)[C@@H](OC(C)=O)[C@H]1OC(C)=O. The van der Waals surface area contributed by atoms with Crippen molar-refractivity contribution in [2.45, 2.75) is 218 Å². The first-order valence-electron chi connectivity index (χ1n) is 26.7. The molecule has 0 saturated carbocycles. The maximum Gasteiger partial charge on any atom is 0.303 e. The smallest absolute Gasteiger partial charge is 0.303 e. The van der Waals surface area contributed by atoms with Gasteiger partial charge in [-0.05, 0) is 0 Å². The molecule has 0 radical (unpaired) electrons. The molecule has 494 valence electrons. The number of ether oxygens (including phenoxy) is 20. The van der Waals surface area contributed by atoms with Crippen LogP contribution in [0.5, 0.6) is 0 Å². The summed E-state index contributed by atoms with van der Waals surface area (Å²) in [6, 6.07) is 0. The van der Waals surface area contributed by atoms with Gasteiger partial charge in [0.15, 0.2) is 84.5 Å². The predicted octanol–water partition coefficient (Wildman–Crippen LogP) is -0.393. The van der Waals surface area contributed by atoms with Crippen molar-refractivity contribution in [3.8, 4) is 0 Å². The van der Waals surface area contributed by atoms with Gasteiger partial charge in [-0.2, -0.15) is 0 Å². The van der Waals surface area contributed by atoms with E-state index in [1.807, 2.05) is 0 Å². The molecule has 34 nitrogen and oxygen atoms in total. The first-order valence-corrected chi connectivity index (χ1v) is 28.9. The molecule has 4 fully saturated rings. The predicted molar refractivity (Wildman–Crippen MR) is 282 cm³/mol. The van der Waals surface area contributed by atoms with E-state index in [-0.39, 0.29) is 0 Å². The van der Waals surface area contributed by atoms with Gasteiger partial charge < -0.3 is 94.7 Å². The Morgan fingerprint density at radius 3 is 0.659 bits per heavy atom. The van der Waals surface area contributed by atoms with Gasteiger partial charge in [0.25, 0.3) is 0 Å². The van der Waals surface area contributed by atoms with Gasteiger partial charge in [0.2, 0.25) is 0 Å². The Hall–Kier alpha value is -6.96. The van der Waals surface area contributed by atoms with Crippen molar-refractivity contribution in [2.24, 2.45) is 0 Å². The first-order chi connectivity index (χ1) is 41.1. The molecule has 0 aliphatic carbocycles. The van der Waals surface area contributed by atoms with Crippen molar-refractivity contribution in [2.75, 3.05) is 26.4 Å². The van der Waals surface area contributed by atoms with Crippen LogP contribution in [0.25, 0.3) is 0 Å². The van der Waals surface area contributed by atoms with Crippen LogP contribution in [-0.2, 0) is 162 Å². The molecule has 0 amide bonds. The summed E-state index contributed by atoms with van der Waals surface area (Å²) in [5.74, 6) is -13.8. The van der Waals surface area contributed by atoms with Crippen LogP contribution in [-0.4, -0.2) is 231 Å². The molecule has 36 heteroatoms. The summed E-state index contributed by atoms with van der Waals surface area (Å²) in [7, 11) is 1.20. The number of carbonyl (C=O) groups is 14. The van der Waals surface area contributed by atoms with Gasteiger partial charge in [-0.3, -0.25) is 67.1 Å². The summed E-state index contributed by atoms with van der Waals surface area (Å²) in [6.07, 6.45) is -32.4. The zero-order valence-corrected chi connectivity index (χ0v) is 51.7. The molecule has 0 bridgehead atoms. The molecule has 4 rings (SSSR count). The Morgan fingerprint density at radius 2 is 0.432 bits per heavy atom. The van der Waals surface area contributed by atoms with Crippen LogP contribution < -0.4 is 0 Å². The third-order valence-electron chi connectivity index (χ3n) is 12.0. The normalized spacial score (nSPS) is 31.7. The average molecular weight is 1300 g/mol. The Balaban J connectivity index is 1.90.